The van der Waals surface area contributed by atoms with Gasteiger partial charge < -0.3 is 21.5 Å². The normalized spacial score (nSPS) is 9.31. The molecule has 5 nitrogen and oxygen atoms in total. The number of hydrogen-bond donors (Lipinski definition) is 3. The molecule has 1 aromatic rings. The standard InChI is InChI=1S/C8H11N3O2/c1-13-7-3-2-5(4-6(7)9)11-8(10)12/h2-4H,9H2,1H3,(H3,10,11,12). The van der Waals surface area contributed by atoms with Gasteiger partial charge in [0, 0.05) is 5.69 Å². The van der Waals surface area contributed by atoms with Crippen molar-refractivity contribution in [2.24, 2.45) is 5.73 Å². The second-order valence-corrected chi connectivity index (χ2v) is 2.45. The van der Waals surface area contributed by atoms with Crippen molar-refractivity contribution in [2.75, 3.05) is 18.2 Å². The van der Waals surface area contributed by atoms with Crippen LogP contribution < -0.4 is 21.5 Å². The van der Waals surface area contributed by atoms with Gasteiger partial charge in [0.25, 0.3) is 0 Å². The van der Waals surface area contributed by atoms with Gasteiger partial charge in [-0.3, -0.25) is 0 Å². The van der Waals surface area contributed by atoms with Crippen LogP contribution in [0.15, 0.2) is 18.2 Å². The van der Waals surface area contributed by atoms with Crippen LogP contribution in [0.25, 0.3) is 0 Å². The van der Waals surface area contributed by atoms with Gasteiger partial charge in [0.2, 0.25) is 0 Å². The first-order chi connectivity index (χ1) is 6.13. The Morgan fingerprint density at radius 3 is 2.69 bits per heavy atom. The summed E-state index contributed by atoms with van der Waals surface area (Å²) in [5.74, 6) is 0.565. The maximum Gasteiger partial charge on any atom is 0.316 e. The highest BCUT2D eigenvalue weighted by molar-refractivity contribution is 5.88. The van der Waals surface area contributed by atoms with E-state index in [-0.39, 0.29) is 0 Å². The van der Waals surface area contributed by atoms with E-state index < -0.39 is 6.03 Å². The number of benzene rings is 1. The van der Waals surface area contributed by atoms with Crippen LogP contribution >= 0.6 is 0 Å². The largest absolute Gasteiger partial charge is 0.495 e. The van der Waals surface area contributed by atoms with Gasteiger partial charge in [-0.15, -0.1) is 0 Å². The molecular weight excluding hydrogens is 170 g/mol. The molecule has 0 aliphatic heterocycles. The Morgan fingerprint density at radius 2 is 2.23 bits per heavy atom. The SMILES string of the molecule is COc1ccc(NC(N)=O)cc1N. The van der Waals surface area contributed by atoms with Crippen molar-refractivity contribution in [1.29, 1.82) is 0 Å². The third kappa shape index (κ3) is 2.26. The van der Waals surface area contributed by atoms with E-state index >= 15 is 0 Å². The molecule has 0 bridgehead atoms. The van der Waals surface area contributed by atoms with Crippen molar-refractivity contribution in [3.05, 3.63) is 18.2 Å². The van der Waals surface area contributed by atoms with E-state index in [2.05, 4.69) is 5.32 Å². The van der Waals surface area contributed by atoms with Gasteiger partial charge in [-0.2, -0.15) is 0 Å². The monoisotopic (exact) mass is 181 g/mol. The molecule has 0 radical (unpaired) electrons. The molecule has 5 N–H and O–H groups in total. The first-order valence-corrected chi connectivity index (χ1v) is 3.63. The number of nitrogen functional groups attached to an aromatic ring is 1. The fourth-order valence-corrected chi connectivity index (χ4v) is 0.954. The van der Waals surface area contributed by atoms with Gasteiger partial charge in [0.15, 0.2) is 0 Å². The lowest BCUT2D eigenvalue weighted by atomic mass is 10.2. The molecule has 1 aromatic carbocycles. The van der Waals surface area contributed by atoms with Crippen LogP contribution in [0, 0.1) is 0 Å². The summed E-state index contributed by atoms with van der Waals surface area (Å²) < 4.78 is 4.94. The number of nitrogens with one attached hydrogen (secondary N) is 1. The zero-order valence-corrected chi connectivity index (χ0v) is 7.20. The first-order valence-electron chi connectivity index (χ1n) is 3.63. The van der Waals surface area contributed by atoms with Crippen LogP contribution in [0.2, 0.25) is 0 Å². The summed E-state index contributed by atoms with van der Waals surface area (Å²) in [5, 5.41) is 2.40. The topological polar surface area (TPSA) is 90.4 Å². The van der Waals surface area contributed by atoms with Crippen molar-refractivity contribution < 1.29 is 9.53 Å². The summed E-state index contributed by atoms with van der Waals surface area (Å²) >= 11 is 0. The van der Waals surface area contributed by atoms with Crippen LogP contribution in [0.1, 0.15) is 0 Å². The number of methoxy groups -OCH3 is 1. The number of carbonyl (C=O) groups is 1. The lowest BCUT2D eigenvalue weighted by molar-refractivity contribution is 0.259. The third-order valence-electron chi connectivity index (χ3n) is 1.50. The Morgan fingerprint density at radius 1 is 1.54 bits per heavy atom. The van der Waals surface area contributed by atoms with E-state index in [0.717, 1.165) is 0 Å². The van der Waals surface area contributed by atoms with Gasteiger partial charge in [0.05, 0.1) is 12.8 Å². The Balaban J connectivity index is 2.89. The molecule has 0 saturated carbocycles. The molecule has 2 amide bonds. The molecule has 1 rings (SSSR count). The Hall–Kier alpha value is -1.91. The summed E-state index contributed by atoms with van der Waals surface area (Å²) in [6.45, 7) is 0. The number of ether oxygens (including phenoxy) is 1. The minimum absolute atomic E-state index is 0.453. The smallest absolute Gasteiger partial charge is 0.316 e. The molecule has 0 unspecified atom stereocenters. The van der Waals surface area contributed by atoms with E-state index in [0.29, 0.717) is 17.1 Å². The minimum Gasteiger partial charge on any atom is -0.495 e. The van der Waals surface area contributed by atoms with Crippen molar-refractivity contribution in [2.45, 2.75) is 0 Å². The molecule has 70 valence electrons. The number of primary amides is 1. The summed E-state index contributed by atoms with van der Waals surface area (Å²) in [6, 6.07) is 4.26. The summed E-state index contributed by atoms with van der Waals surface area (Å²) in [4.78, 5) is 10.5. The highest BCUT2D eigenvalue weighted by Crippen LogP contribution is 2.24. The zero-order chi connectivity index (χ0) is 9.84. The number of nitrogens with two attached hydrogens (primary N) is 2. The molecule has 0 atom stereocenters. The number of urea groups is 1. The molecule has 0 fully saturated rings. The van der Waals surface area contributed by atoms with Crippen LogP contribution in [0.3, 0.4) is 0 Å². The maximum atomic E-state index is 10.5. The second-order valence-electron chi connectivity index (χ2n) is 2.45. The molecular formula is C8H11N3O2. The fraction of sp³-hybridized carbons (Fsp3) is 0.125. The van der Waals surface area contributed by atoms with Crippen molar-refractivity contribution >= 4 is 17.4 Å². The fourth-order valence-electron chi connectivity index (χ4n) is 0.954. The van der Waals surface area contributed by atoms with E-state index in [9.17, 15) is 4.79 Å². The lowest BCUT2D eigenvalue weighted by Gasteiger charge is -2.06. The summed E-state index contributed by atoms with van der Waals surface area (Å²) in [5.41, 5.74) is 11.5. The van der Waals surface area contributed by atoms with Crippen LogP contribution in [0.4, 0.5) is 16.2 Å². The predicted octanol–water partition coefficient (Wildman–Crippen LogP) is 0.768. The van der Waals surface area contributed by atoms with Gasteiger partial charge in [-0.05, 0) is 18.2 Å². The van der Waals surface area contributed by atoms with Gasteiger partial charge in [-0.25, -0.2) is 4.79 Å². The first kappa shape index (κ1) is 9.18. The highest BCUT2D eigenvalue weighted by Gasteiger charge is 2.01. The van der Waals surface area contributed by atoms with Crippen LogP contribution in [-0.2, 0) is 0 Å². The van der Waals surface area contributed by atoms with Gasteiger partial charge >= 0.3 is 6.03 Å². The van der Waals surface area contributed by atoms with E-state index in [4.69, 9.17) is 16.2 Å². The number of carbonyl (C=O) groups excluding carboxylic acids is 1. The average molecular weight is 181 g/mol. The predicted molar refractivity (Wildman–Crippen MR) is 50.6 cm³/mol. The molecule has 0 spiro atoms. The molecule has 0 aliphatic carbocycles. The van der Waals surface area contributed by atoms with Crippen LogP contribution in [-0.4, -0.2) is 13.1 Å². The number of rotatable bonds is 2. The van der Waals surface area contributed by atoms with E-state index in [1.807, 2.05) is 0 Å². The van der Waals surface area contributed by atoms with E-state index in [1.165, 1.54) is 7.11 Å². The Kier molecular flexibility index (Phi) is 2.59. The molecule has 0 aliphatic rings. The Labute approximate surface area is 75.7 Å². The van der Waals surface area contributed by atoms with Gasteiger partial charge in [0.1, 0.15) is 5.75 Å². The maximum absolute atomic E-state index is 10.5. The van der Waals surface area contributed by atoms with Crippen LogP contribution in [0.5, 0.6) is 5.75 Å². The minimum atomic E-state index is -0.621. The highest BCUT2D eigenvalue weighted by atomic mass is 16.5. The summed E-state index contributed by atoms with van der Waals surface area (Å²) in [6.07, 6.45) is 0. The molecule has 13 heavy (non-hydrogen) atoms. The quantitative estimate of drug-likeness (QED) is 0.588. The number of anilines is 2. The molecule has 5 heteroatoms. The Bertz CT molecular complexity index is 325. The van der Waals surface area contributed by atoms with Crippen molar-refractivity contribution in [3.8, 4) is 5.75 Å². The molecule has 0 saturated heterocycles. The van der Waals surface area contributed by atoms with Crippen molar-refractivity contribution in [1.82, 2.24) is 0 Å². The molecule has 0 heterocycles. The van der Waals surface area contributed by atoms with Gasteiger partial charge in [-0.1, -0.05) is 0 Å². The number of amides is 2. The molecule has 0 aromatic heterocycles. The average Bonchev–Trinajstić information content (AvgIpc) is 2.03. The zero-order valence-electron chi connectivity index (χ0n) is 7.20. The number of hydrogen-bond acceptors (Lipinski definition) is 3. The second kappa shape index (κ2) is 3.66. The summed E-state index contributed by atoms with van der Waals surface area (Å²) in [7, 11) is 1.52. The lowest BCUT2D eigenvalue weighted by Crippen LogP contribution is -2.19. The van der Waals surface area contributed by atoms with Crippen molar-refractivity contribution in [3.63, 3.8) is 0 Å². The van der Waals surface area contributed by atoms with E-state index in [1.54, 1.807) is 18.2 Å². The third-order valence-corrected chi connectivity index (χ3v) is 1.50.